The summed E-state index contributed by atoms with van der Waals surface area (Å²) in [5.41, 5.74) is 1.56. The Bertz CT molecular complexity index is 1360. The van der Waals surface area contributed by atoms with Crippen LogP contribution in [-0.4, -0.2) is 51.9 Å². The van der Waals surface area contributed by atoms with Crippen LogP contribution < -0.4 is 14.4 Å². The Balaban J connectivity index is 2.08. The Morgan fingerprint density at radius 3 is 2.24 bits per heavy atom. The number of carbonyl (C=O) groups excluding carboxylic acids is 2. The highest BCUT2D eigenvalue weighted by atomic mass is 35.5. The third kappa shape index (κ3) is 6.46. The molecule has 0 aliphatic heterocycles. The van der Waals surface area contributed by atoms with Gasteiger partial charge in [-0.15, -0.1) is 0 Å². The number of ether oxygens (including phenoxy) is 1. The molecule has 0 spiro atoms. The van der Waals surface area contributed by atoms with Gasteiger partial charge < -0.3 is 15.0 Å². The van der Waals surface area contributed by atoms with E-state index in [-0.39, 0.29) is 23.0 Å². The molecule has 0 aliphatic rings. The van der Waals surface area contributed by atoms with Crippen LogP contribution in [0.4, 0.5) is 5.69 Å². The molecule has 0 bridgehead atoms. The van der Waals surface area contributed by atoms with E-state index in [9.17, 15) is 18.0 Å². The molecule has 1 N–H and O–H groups in total. The molecule has 3 aromatic rings. The van der Waals surface area contributed by atoms with Crippen LogP contribution in [0.25, 0.3) is 0 Å². The van der Waals surface area contributed by atoms with Gasteiger partial charge in [0.25, 0.3) is 10.0 Å². The normalized spacial score (nSPS) is 11.9. The van der Waals surface area contributed by atoms with Crippen LogP contribution in [0.15, 0.2) is 77.7 Å². The van der Waals surface area contributed by atoms with Crippen LogP contribution in [0.2, 0.25) is 5.02 Å². The van der Waals surface area contributed by atoms with Crippen molar-refractivity contribution in [3.05, 3.63) is 88.9 Å². The number of amides is 2. The summed E-state index contributed by atoms with van der Waals surface area (Å²) in [4.78, 5) is 28.2. The molecular weight excluding hydrogens is 526 g/mol. The summed E-state index contributed by atoms with van der Waals surface area (Å²) in [6.07, 6.45) is 0.337. The maximum atomic E-state index is 13.9. The van der Waals surface area contributed by atoms with E-state index in [0.717, 1.165) is 9.87 Å². The number of nitrogens with one attached hydrogen (secondary N) is 1. The number of hydrogen-bond donors (Lipinski definition) is 1. The molecule has 202 valence electrons. The molecule has 0 heterocycles. The highest BCUT2D eigenvalue weighted by Crippen LogP contribution is 2.31. The summed E-state index contributed by atoms with van der Waals surface area (Å²) in [5, 5.41) is 2.98. The van der Waals surface area contributed by atoms with E-state index in [1.165, 1.54) is 24.1 Å². The van der Waals surface area contributed by atoms with Crippen LogP contribution in [0.5, 0.6) is 5.75 Å². The van der Waals surface area contributed by atoms with Crippen LogP contribution in [0, 0.1) is 6.92 Å². The standard InChI is InChI=1S/C28H32ClN3O5S/c1-5-25(28(34)30-3)31(18-21-14-16-22(37-4)17-15-21)27(33)19-32(26-13-9-12-24(29)20(26)2)38(35,36)23-10-7-6-8-11-23/h6-17,25H,5,18-19H2,1-4H3,(H,30,34). The van der Waals surface area contributed by atoms with Gasteiger partial charge in [-0.05, 0) is 60.9 Å². The molecule has 0 saturated carbocycles. The fourth-order valence-electron chi connectivity index (χ4n) is 4.11. The first-order valence-corrected chi connectivity index (χ1v) is 13.9. The predicted molar refractivity (Wildman–Crippen MR) is 149 cm³/mol. The molecule has 38 heavy (non-hydrogen) atoms. The monoisotopic (exact) mass is 557 g/mol. The topological polar surface area (TPSA) is 96.0 Å². The van der Waals surface area contributed by atoms with Crippen molar-refractivity contribution in [1.82, 2.24) is 10.2 Å². The van der Waals surface area contributed by atoms with E-state index in [2.05, 4.69) is 5.32 Å². The first-order chi connectivity index (χ1) is 18.1. The summed E-state index contributed by atoms with van der Waals surface area (Å²) in [6.45, 7) is 3.07. The van der Waals surface area contributed by atoms with Crippen LogP contribution in [0.3, 0.4) is 0 Å². The molecule has 0 aliphatic carbocycles. The number of carbonyl (C=O) groups is 2. The number of hydrogen-bond acceptors (Lipinski definition) is 5. The molecule has 3 aromatic carbocycles. The first kappa shape index (κ1) is 29.0. The minimum absolute atomic E-state index is 0.0345. The number of likely N-dealkylation sites (N-methyl/N-ethyl adjacent to an activating group) is 1. The number of rotatable bonds is 11. The van der Waals surface area contributed by atoms with Gasteiger partial charge in [0, 0.05) is 18.6 Å². The Labute approximate surface area is 229 Å². The summed E-state index contributed by atoms with van der Waals surface area (Å²) in [7, 11) is -1.09. The summed E-state index contributed by atoms with van der Waals surface area (Å²) < 4.78 is 33.9. The van der Waals surface area contributed by atoms with Gasteiger partial charge in [-0.2, -0.15) is 0 Å². The average Bonchev–Trinajstić information content (AvgIpc) is 2.93. The third-order valence-corrected chi connectivity index (χ3v) is 8.45. The zero-order valence-corrected chi connectivity index (χ0v) is 23.4. The third-order valence-electron chi connectivity index (χ3n) is 6.26. The second kappa shape index (κ2) is 12.8. The van der Waals surface area contributed by atoms with Gasteiger partial charge in [0.1, 0.15) is 18.3 Å². The van der Waals surface area contributed by atoms with Gasteiger partial charge in [-0.1, -0.05) is 54.9 Å². The van der Waals surface area contributed by atoms with Crippen LogP contribution >= 0.6 is 11.6 Å². The number of anilines is 1. The molecule has 0 radical (unpaired) electrons. The lowest BCUT2D eigenvalue weighted by Crippen LogP contribution is -2.51. The molecule has 10 heteroatoms. The second-order valence-electron chi connectivity index (χ2n) is 8.62. The molecule has 2 amide bonds. The Hall–Kier alpha value is -3.56. The molecule has 1 unspecified atom stereocenters. The fraction of sp³-hybridized carbons (Fsp3) is 0.286. The highest BCUT2D eigenvalue weighted by molar-refractivity contribution is 7.92. The van der Waals surface area contributed by atoms with Crippen molar-refractivity contribution in [1.29, 1.82) is 0 Å². The highest BCUT2D eigenvalue weighted by Gasteiger charge is 2.34. The van der Waals surface area contributed by atoms with Crippen molar-refractivity contribution >= 4 is 39.1 Å². The predicted octanol–water partition coefficient (Wildman–Crippen LogP) is 4.41. The van der Waals surface area contributed by atoms with Crippen LogP contribution in [-0.2, 0) is 26.2 Å². The zero-order chi connectivity index (χ0) is 27.9. The largest absolute Gasteiger partial charge is 0.497 e. The SMILES string of the molecule is CCC(C(=O)NC)N(Cc1ccc(OC)cc1)C(=O)CN(c1cccc(Cl)c1C)S(=O)(=O)c1ccccc1. The zero-order valence-electron chi connectivity index (χ0n) is 21.8. The van der Waals surface area contributed by atoms with E-state index in [1.807, 2.05) is 0 Å². The molecule has 0 saturated heterocycles. The second-order valence-corrected chi connectivity index (χ2v) is 10.9. The van der Waals surface area contributed by atoms with Gasteiger partial charge in [-0.25, -0.2) is 8.42 Å². The van der Waals surface area contributed by atoms with Gasteiger partial charge in [-0.3, -0.25) is 13.9 Å². The number of methoxy groups -OCH3 is 1. The van der Waals surface area contributed by atoms with Gasteiger partial charge in [0.15, 0.2) is 0 Å². The van der Waals surface area contributed by atoms with Crippen molar-refractivity contribution in [2.24, 2.45) is 0 Å². The van der Waals surface area contributed by atoms with Crippen molar-refractivity contribution < 1.29 is 22.7 Å². The number of sulfonamides is 1. The summed E-state index contributed by atoms with van der Waals surface area (Å²) >= 11 is 6.34. The first-order valence-electron chi connectivity index (χ1n) is 12.1. The van der Waals surface area contributed by atoms with Gasteiger partial charge in [0.05, 0.1) is 17.7 Å². The van der Waals surface area contributed by atoms with Gasteiger partial charge in [0.2, 0.25) is 11.8 Å². The molecular formula is C28H32ClN3O5S. The lowest BCUT2D eigenvalue weighted by molar-refractivity contribution is -0.140. The Morgan fingerprint density at radius 1 is 1.00 bits per heavy atom. The molecule has 3 rings (SSSR count). The molecule has 8 nitrogen and oxygen atoms in total. The molecule has 1 atom stereocenters. The van der Waals surface area contributed by atoms with E-state index in [4.69, 9.17) is 16.3 Å². The average molecular weight is 558 g/mol. The van der Waals surface area contributed by atoms with Crippen LogP contribution in [0.1, 0.15) is 24.5 Å². The van der Waals surface area contributed by atoms with Crippen molar-refractivity contribution in [2.45, 2.75) is 37.8 Å². The van der Waals surface area contributed by atoms with E-state index >= 15 is 0 Å². The van der Waals surface area contributed by atoms with Crippen molar-refractivity contribution in [3.8, 4) is 5.75 Å². The van der Waals surface area contributed by atoms with Gasteiger partial charge >= 0.3 is 0 Å². The summed E-state index contributed by atoms with van der Waals surface area (Å²) in [5.74, 6) is -0.220. The molecule has 0 aromatic heterocycles. The molecule has 0 fully saturated rings. The number of benzene rings is 3. The lowest BCUT2D eigenvalue weighted by atomic mass is 10.1. The quantitative estimate of drug-likeness (QED) is 0.377. The lowest BCUT2D eigenvalue weighted by Gasteiger charge is -2.33. The van der Waals surface area contributed by atoms with Crippen molar-refractivity contribution in [2.75, 3.05) is 25.0 Å². The Morgan fingerprint density at radius 2 is 1.66 bits per heavy atom. The minimum Gasteiger partial charge on any atom is -0.497 e. The fourth-order valence-corrected chi connectivity index (χ4v) is 5.78. The minimum atomic E-state index is -4.15. The maximum Gasteiger partial charge on any atom is 0.264 e. The number of halogens is 1. The maximum absolute atomic E-state index is 13.9. The summed E-state index contributed by atoms with van der Waals surface area (Å²) in [6, 6.07) is 19.1. The van der Waals surface area contributed by atoms with E-state index in [0.29, 0.717) is 22.8 Å². The van der Waals surface area contributed by atoms with E-state index < -0.39 is 28.5 Å². The Kier molecular flexibility index (Phi) is 9.77. The van der Waals surface area contributed by atoms with E-state index in [1.54, 1.807) is 81.6 Å². The van der Waals surface area contributed by atoms with Crippen molar-refractivity contribution in [3.63, 3.8) is 0 Å². The smallest absolute Gasteiger partial charge is 0.264 e. The number of nitrogens with zero attached hydrogens (tertiary/aromatic N) is 2.